The van der Waals surface area contributed by atoms with Gasteiger partial charge < -0.3 is 4.74 Å². The molecular weight excluding hydrogens is 262 g/mol. The summed E-state index contributed by atoms with van der Waals surface area (Å²) in [6, 6.07) is 7.50. The molecule has 1 heterocycles. The third-order valence-electron chi connectivity index (χ3n) is 2.84. The van der Waals surface area contributed by atoms with Gasteiger partial charge in [0.25, 0.3) is 5.56 Å². The Hall–Kier alpha value is -1.62. The van der Waals surface area contributed by atoms with Gasteiger partial charge in [-0.15, -0.1) is 0 Å². The first-order chi connectivity index (χ1) is 9.22. The summed E-state index contributed by atoms with van der Waals surface area (Å²) in [5.74, 6) is -0.184. The van der Waals surface area contributed by atoms with Crippen LogP contribution in [0, 0.1) is 0 Å². The van der Waals surface area contributed by atoms with Crippen molar-refractivity contribution in [1.82, 2.24) is 3.96 Å². The van der Waals surface area contributed by atoms with E-state index >= 15 is 0 Å². The summed E-state index contributed by atoms with van der Waals surface area (Å²) in [6.07, 6.45) is 2.28. The summed E-state index contributed by atoms with van der Waals surface area (Å²) in [4.78, 5) is 23.4. The molecule has 0 unspecified atom stereocenters. The number of nitrogens with zero attached hydrogens (tertiary/aromatic N) is 1. The van der Waals surface area contributed by atoms with Gasteiger partial charge in [-0.25, -0.2) is 0 Å². The summed E-state index contributed by atoms with van der Waals surface area (Å²) in [6.45, 7) is 2.72. The van der Waals surface area contributed by atoms with E-state index in [1.165, 1.54) is 11.5 Å². The maximum absolute atomic E-state index is 12.0. The summed E-state index contributed by atoms with van der Waals surface area (Å²) in [5, 5.41) is 0.727. The summed E-state index contributed by atoms with van der Waals surface area (Å²) in [5.41, 5.74) is -0.00907. The lowest BCUT2D eigenvalue weighted by Crippen LogP contribution is -2.17. The number of esters is 1. The van der Waals surface area contributed by atoms with Crippen molar-refractivity contribution in [2.45, 2.75) is 32.7 Å². The lowest BCUT2D eigenvalue weighted by Gasteiger charge is -2.03. The van der Waals surface area contributed by atoms with Gasteiger partial charge in [-0.3, -0.25) is 13.5 Å². The Morgan fingerprint density at radius 2 is 2.16 bits per heavy atom. The highest BCUT2D eigenvalue weighted by Gasteiger charge is 2.07. The molecule has 2 aromatic rings. The number of unbranched alkanes of at least 4 members (excludes halogenated alkanes) is 1. The zero-order valence-corrected chi connectivity index (χ0v) is 11.7. The number of hydrogen-bond acceptors (Lipinski definition) is 4. The molecule has 0 radical (unpaired) electrons. The van der Waals surface area contributed by atoms with Crippen LogP contribution in [-0.2, 0) is 16.1 Å². The number of aromatic nitrogens is 1. The van der Waals surface area contributed by atoms with E-state index in [1.807, 2.05) is 31.2 Å². The van der Waals surface area contributed by atoms with E-state index in [0.29, 0.717) is 13.0 Å². The molecule has 0 saturated heterocycles. The predicted octanol–water partition coefficient (Wildman–Crippen LogP) is 2.80. The first kappa shape index (κ1) is 13.8. The fourth-order valence-corrected chi connectivity index (χ4v) is 2.78. The zero-order valence-electron chi connectivity index (χ0n) is 10.9. The lowest BCUT2D eigenvalue weighted by molar-refractivity contribution is -0.144. The number of rotatable bonds is 6. The van der Waals surface area contributed by atoms with E-state index in [1.54, 1.807) is 3.96 Å². The van der Waals surface area contributed by atoms with Gasteiger partial charge in [0.2, 0.25) is 0 Å². The Bertz CT molecular complexity index is 614. The Kier molecular flexibility index (Phi) is 4.74. The third kappa shape index (κ3) is 3.44. The summed E-state index contributed by atoms with van der Waals surface area (Å²) in [7, 11) is 0. The van der Waals surface area contributed by atoms with Crippen LogP contribution in [0.5, 0.6) is 0 Å². The quantitative estimate of drug-likeness (QED) is 0.764. The lowest BCUT2D eigenvalue weighted by atomic mass is 10.2. The largest absolute Gasteiger partial charge is 0.464 e. The molecule has 5 heteroatoms. The molecule has 1 aromatic carbocycles. The van der Waals surface area contributed by atoms with Crippen molar-refractivity contribution in [3.8, 4) is 0 Å². The van der Waals surface area contributed by atoms with Crippen molar-refractivity contribution in [3.63, 3.8) is 0 Å². The second-order valence-electron chi connectivity index (χ2n) is 4.32. The fourth-order valence-electron chi connectivity index (χ4n) is 1.80. The van der Waals surface area contributed by atoms with Crippen LogP contribution in [-0.4, -0.2) is 16.5 Å². The van der Waals surface area contributed by atoms with Crippen molar-refractivity contribution in [1.29, 1.82) is 0 Å². The van der Waals surface area contributed by atoms with Gasteiger partial charge in [-0.2, -0.15) is 0 Å². The van der Waals surface area contributed by atoms with Crippen molar-refractivity contribution in [2.75, 3.05) is 6.61 Å². The molecular formula is C14H17NO3S. The Morgan fingerprint density at radius 1 is 1.37 bits per heavy atom. The number of carbonyl (C=O) groups is 1. The minimum absolute atomic E-state index is 0.00907. The Balaban J connectivity index is 1.93. The molecule has 0 spiro atoms. The van der Waals surface area contributed by atoms with E-state index in [2.05, 4.69) is 0 Å². The van der Waals surface area contributed by atoms with Crippen LogP contribution in [0.25, 0.3) is 10.1 Å². The van der Waals surface area contributed by atoms with Crippen molar-refractivity contribution in [2.24, 2.45) is 0 Å². The molecule has 4 nitrogen and oxygen atoms in total. The van der Waals surface area contributed by atoms with Crippen LogP contribution < -0.4 is 5.56 Å². The van der Waals surface area contributed by atoms with Crippen LogP contribution in [0.4, 0.5) is 0 Å². The van der Waals surface area contributed by atoms with E-state index in [4.69, 9.17) is 4.74 Å². The summed E-state index contributed by atoms with van der Waals surface area (Å²) >= 11 is 1.41. The van der Waals surface area contributed by atoms with Crippen LogP contribution >= 0.6 is 11.5 Å². The molecule has 0 bridgehead atoms. The van der Waals surface area contributed by atoms with E-state index in [9.17, 15) is 9.59 Å². The molecule has 0 aliphatic carbocycles. The van der Waals surface area contributed by atoms with Crippen molar-refractivity contribution in [3.05, 3.63) is 34.6 Å². The SMILES string of the molecule is CCCCC(=O)OCCn1sc2ccccc2c1=O. The van der Waals surface area contributed by atoms with Gasteiger partial charge in [-0.1, -0.05) is 37.0 Å². The standard InChI is InChI=1S/C14H17NO3S/c1-2-3-8-13(16)18-10-9-15-14(17)11-6-4-5-7-12(11)19-15/h4-7H,2-3,8-10H2,1H3. The molecule has 0 saturated carbocycles. The van der Waals surface area contributed by atoms with E-state index in [-0.39, 0.29) is 18.1 Å². The molecule has 0 aliphatic rings. The highest BCUT2D eigenvalue weighted by atomic mass is 32.1. The maximum Gasteiger partial charge on any atom is 0.305 e. The molecule has 2 rings (SSSR count). The van der Waals surface area contributed by atoms with Gasteiger partial charge in [0.1, 0.15) is 6.61 Å². The highest BCUT2D eigenvalue weighted by molar-refractivity contribution is 7.13. The zero-order chi connectivity index (χ0) is 13.7. The second-order valence-corrected chi connectivity index (χ2v) is 5.38. The maximum atomic E-state index is 12.0. The first-order valence-electron chi connectivity index (χ1n) is 6.47. The monoisotopic (exact) mass is 279 g/mol. The first-order valence-corrected chi connectivity index (χ1v) is 7.24. The average molecular weight is 279 g/mol. The highest BCUT2D eigenvalue weighted by Crippen LogP contribution is 2.15. The predicted molar refractivity (Wildman–Crippen MR) is 76.6 cm³/mol. The number of ether oxygens (including phenoxy) is 1. The van der Waals surface area contributed by atoms with Gasteiger partial charge in [0, 0.05) is 6.42 Å². The molecule has 0 N–H and O–H groups in total. The molecule has 0 fully saturated rings. The van der Waals surface area contributed by atoms with Gasteiger partial charge in [-0.05, 0) is 18.6 Å². The van der Waals surface area contributed by atoms with E-state index in [0.717, 1.165) is 22.9 Å². The minimum atomic E-state index is -0.184. The molecule has 0 atom stereocenters. The minimum Gasteiger partial charge on any atom is -0.464 e. The van der Waals surface area contributed by atoms with Gasteiger partial charge in [0.15, 0.2) is 0 Å². The fraction of sp³-hybridized carbons (Fsp3) is 0.429. The summed E-state index contributed by atoms with van der Waals surface area (Å²) < 4.78 is 7.71. The Labute approximate surface area is 115 Å². The Morgan fingerprint density at radius 3 is 2.89 bits per heavy atom. The molecule has 0 aliphatic heterocycles. The second kappa shape index (κ2) is 6.52. The number of hydrogen-bond donors (Lipinski definition) is 0. The number of fused-ring (bicyclic) bond motifs is 1. The number of benzene rings is 1. The molecule has 19 heavy (non-hydrogen) atoms. The van der Waals surface area contributed by atoms with Crippen LogP contribution in [0.1, 0.15) is 26.2 Å². The molecule has 0 amide bonds. The van der Waals surface area contributed by atoms with Crippen molar-refractivity contribution < 1.29 is 9.53 Å². The normalized spacial score (nSPS) is 10.8. The van der Waals surface area contributed by atoms with Gasteiger partial charge >= 0.3 is 5.97 Å². The van der Waals surface area contributed by atoms with E-state index < -0.39 is 0 Å². The van der Waals surface area contributed by atoms with Crippen molar-refractivity contribution >= 4 is 27.6 Å². The molecule has 1 aromatic heterocycles. The van der Waals surface area contributed by atoms with Gasteiger partial charge in [0.05, 0.1) is 16.6 Å². The average Bonchev–Trinajstić information content (AvgIpc) is 2.74. The topological polar surface area (TPSA) is 48.3 Å². The van der Waals surface area contributed by atoms with Crippen LogP contribution in [0.3, 0.4) is 0 Å². The third-order valence-corrected chi connectivity index (χ3v) is 3.97. The molecule has 102 valence electrons. The van der Waals surface area contributed by atoms with Crippen LogP contribution in [0.2, 0.25) is 0 Å². The number of carbonyl (C=O) groups excluding carboxylic acids is 1. The van der Waals surface area contributed by atoms with Crippen LogP contribution in [0.15, 0.2) is 29.1 Å². The smallest absolute Gasteiger partial charge is 0.305 e.